The summed E-state index contributed by atoms with van der Waals surface area (Å²) in [5, 5.41) is 0.303. The summed E-state index contributed by atoms with van der Waals surface area (Å²) in [5.74, 6) is 0.0639. The minimum atomic E-state index is -0.270. The third kappa shape index (κ3) is 3.40. The summed E-state index contributed by atoms with van der Waals surface area (Å²) < 4.78 is 6.71. The van der Waals surface area contributed by atoms with Crippen molar-refractivity contribution in [2.24, 2.45) is 7.05 Å². The molecule has 2 heterocycles. The number of carbonyl (C=O) groups excluding carboxylic acids is 1. The Labute approximate surface area is 122 Å². The van der Waals surface area contributed by atoms with E-state index in [0.717, 1.165) is 0 Å². The van der Waals surface area contributed by atoms with Crippen LogP contribution in [0, 0.1) is 6.92 Å². The zero-order valence-corrected chi connectivity index (χ0v) is 12.8. The molecule has 0 aliphatic carbocycles. The molecule has 0 saturated carbocycles. The average Bonchev–Trinajstić information content (AvgIpc) is 2.44. The van der Waals surface area contributed by atoms with E-state index in [-0.39, 0.29) is 16.7 Å². The number of thioether (sulfide) groups is 1. The van der Waals surface area contributed by atoms with Crippen LogP contribution < -0.4 is 5.56 Å². The van der Waals surface area contributed by atoms with Crippen molar-refractivity contribution in [2.75, 3.05) is 26.3 Å². The predicted octanol–water partition coefficient (Wildman–Crippen LogP) is 0.428. The van der Waals surface area contributed by atoms with Gasteiger partial charge in [0.1, 0.15) is 0 Å². The topological polar surface area (TPSA) is 64.4 Å². The zero-order valence-electron chi connectivity index (χ0n) is 12.0. The first kappa shape index (κ1) is 15.1. The van der Waals surface area contributed by atoms with Crippen molar-refractivity contribution in [1.82, 2.24) is 14.5 Å². The first-order valence-electron chi connectivity index (χ1n) is 6.57. The number of morpholine rings is 1. The highest BCUT2D eigenvalue weighted by molar-refractivity contribution is 8.00. The van der Waals surface area contributed by atoms with Crippen molar-refractivity contribution in [1.29, 1.82) is 0 Å². The molecule has 0 aromatic carbocycles. The molecular weight excluding hydrogens is 278 g/mol. The normalized spacial score (nSPS) is 17.1. The van der Waals surface area contributed by atoms with Gasteiger partial charge in [-0.2, -0.15) is 0 Å². The first-order valence-corrected chi connectivity index (χ1v) is 7.45. The third-order valence-corrected chi connectivity index (χ3v) is 4.31. The van der Waals surface area contributed by atoms with E-state index < -0.39 is 0 Å². The van der Waals surface area contributed by atoms with Crippen molar-refractivity contribution >= 4 is 17.7 Å². The number of amides is 1. The van der Waals surface area contributed by atoms with Crippen LogP contribution in [0.15, 0.2) is 16.0 Å². The molecule has 0 radical (unpaired) electrons. The molecule has 2 rings (SSSR count). The van der Waals surface area contributed by atoms with Gasteiger partial charge in [-0.1, -0.05) is 11.8 Å². The Hall–Kier alpha value is -1.34. The van der Waals surface area contributed by atoms with Crippen LogP contribution in [0.1, 0.15) is 12.6 Å². The average molecular weight is 297 g/mol. The molecule has 0 spiro atoms. The molecule has 1 atom stereocenters. The number of nitrogens with zero attached hydrogens (tertiary/aromatic N) is 3. The van der Waals surface area contributed by atoms with Crippen LogP contribution in [-0.2, 0) is 16.6 Å². The molecule has 1 aliphatic rings. The van der Waals surface area contributed by atoms with Crippen LogP contribution in [0.3, 0.4) is 0 Å². The van der Waals surface area contributed by atoms with E-state index >= 15 is 0 Å². The van der Waals surface area contributed by atoms with E-state index in [9.17, 15) is 9.59 Å². The maximum absolute atomic E-state index is 12.3. The molecule has 1 aliphatic heterocycles. The summed E-state index contributed by atoms with van der Waals surface area (Å²) in [4.78, 5) is 30.2. The molecule has 1 fully saturated rings. The molecular formula is C13H19N3O3S. The number of aromatic nitrogens is 2. The van der Waals surface area contributed by atoms with Crippen molar-refractivity contribution in [3.05, 3.63) is 22.1 Å². The van der Waals surface area contributed by atoms with E-state index in [4.69, 9.17) is 4.74 Å². The molecule has 1 unspecified atom stereocenters. The van der Waals surface area contributed by atoms with E-state index in [1.807, 2.05) is 6.92 Å². The number of rotatable bonds is 3. The lowest BCUT2D eigenvalue weighted by molar-refractivity contribution is -0.134. The zero-order chi connectivity index (χ0) is 14.7. The van der Waals surface area contributed by atoms with E-state index in [2.05, 4.69) is 4.98 Å². The van der Waals surface area contributed by atoms with E-state index in [1.165, 1.54) is 22.4 Å². The predicted molar refractivity (Wildman–Crippen MR) is 76.9 cm³/mol. The molecule has 0 N–H and O–H groups in total. The van der Waals surface area contributed by atoms with Crippen LogP contribution in [0.2, 0.25) is 0 Å². The molecule has 1 aromatic heterocycles. The highest BCUT2D eigenvalue weighted by atomic mass is 32.2. The Morgan fingerprint density at radius 1 is 1.45 bits per heavy atom. The maximum Gasteiger partial charge on any atom is 0.254 e. The van der Waals surface area contributed by atoms with Gasteiger partial charge in [0.2, 0.25) is 5.91 Å². The van der Waals surface area contributed by atoms with Crippen LogP contribution >= 0.6 is 11.8 Å². The van der Waals surface area contributed by atoms with Crippen molar-refractivity contribution < 1.29 is 9.53 Å². The number of carbonyl (C=O) groups is 1. The highest BCUT2D eigenvalue weighted by Crippen LogP contribution is 2.21. The number of ether oxygens (including phenoxy) is 1. The fourth-order valence-corrected chi connectivity index (χ4v) is 2.99. The molecule has 7 heteroatoms. The van der Waals surface area contributed by atoms with Gasteiger partial charge in [-0.3, -0.25) is 14.2 Å². The molecule has 6 nitrogen and oxygen atoms in total. The van der Waals surface area contributed by atoms with E-state index in [1.54, 1.807) is 18.9 Å². The molecule has 20 heavy (non-hydrogen) atoms. The highest BCUT2D eigenvalue weighted by Gasteiger charge is 2.24. The van der Waals surface area contributed by atoms with Crippen LogP contribution in [0.25, 0.3) is 0 Å². The Bertz CT molecular complexity index is 552. The number of hydrogen-bond acceptors (Lipinski definition) is 5. The standard InChI is InChI=1S/C13H19N3O3S/c1-9-8-11(17)15(3)13(14-9)20-10(2)12(18)16-4-6-19-7-5-16/h8,10H,4-7H2,1-3H3. The summed E-state index contributed by atoms with van der Waals surface area (Å²) >= 11 is 1.32. The van der Waals surface area contributed by atoms with Gasteiger partial charge in [0.15, 0.2) is 5.16 Å². The SMILES string of the molecule is Cc1cc(=O)n(C)c(SC(C)C(=O)N2CCOCC2)n1. The van der Waals surface area contributed by atoms with Gasteiger partial charge < -0.3 is 9.64 Å². The van der Waals surface area contributed by atoms with Crippen molar-refractivity contribution in [3.63, 3.8) is 0 Å². The fourth-order valence-electron chi connectivity index (χ4n) is 1.98. The van der Waals surface area contributed by atoms with E-state index in [0.29, 0.717) is 37.2 Å². The second-order valence-corrected chi connectivity index (χ2v) is 6.08. The van der Waals surface area contributed by atoms with Crippen LogP contribution in [0.4, 0.5) is 0 Å². The molecule has 110 valence electrons. The largest absolute Gasteiger partial charge is 0.378 e. The lowest BCUT2D eigenvalue weighted by Gasteiger charge is -2.29. The Balaban J connectivity index is 2.09. The Morgan fingerprint density at radius 2 is 2.10 bits per heavy atom. The Morgan fingerprint density at radius 3 is 2.75 bits per heavy atom. The Kier molecular flexibility index (Phi) is 4.82. The van der Waals surface area contributed by atoms with Crippen molar-refractivity contribution in [2.45, 2.75) is 24.3 Å². The van der Waals surface area contributed by atoms with Gasteiger partial charge in [0, 0.05) is 31.9 Å². The minimum Gasteiger partial charge on any atom is -0.378 e. The smallest absolute Gasteiger partial charge is 0.254 e. The number of hydrogen-bond donors (Lipinski definition) is 0. The molecule has 1 aromatic rings. The van der Waals surface area contributed by atoms with Gasteiger partial charge in [0.05, 0.1) is 18.5 Å². The minimum absolute atomic E-state index is 0.0639. The fraction of sp³-hybridized carbons (Fsp3) is 0.615. The monoisotopic (exact) mass is 297 g/mol. The van der Waals surface area contributed by atoms with Crippen molar-refractivity contribution in [3.8, 4) is 0 Å². The first-order chi connectivity index (χ1) is 9.49. The van der Waals surface area contributed by atoms with Gasteiger partial charge in [0.25, 0.3) is 5.56 Å². The van der Waals surface area contributed by atoms with Gasteiger partial charge in [-0.05, 0) is 13.8 Å². The molecule has 1 saturated heterocycles. The number of aryl methyl sites for hydroxylation is 1. The summed E-state index contributed by atoms with van der Waals surface area (Å²) in [6.07, 6.45) is 0. The van der Waals surface area contributed by atoms with Crippen LogP contribution in [0.5, 0.6) is 0 Å². The third-order valence-electron chi connectivity index (χ3n) is 3.17. The van der Waals surface area contributed by atoms with Crippen LogP contribution in [-0.4, -0.2) is 51.9 Å². The van der Waals surface area contributed by atoms with Gasteiger partial charge >= 0.3 is 0 Å². The second kappa shape index (κ2) is 6.41. The lowest BCUT2D eigenvalue weighted by Crippen LogP contribution is -2.44. The summed E-state index contributed by atoms with van der Waals surface area (Å²) in [6, 6.07) is 1.48. The second-order valence-electron chi connectivity index (χ2n) is 4.78. The summed E-state index contributed by atoms with van der Waals surface area (Å²) in [7, 11) is 1.67. The maximum atomic E-state index is 12.3. The molecule has 1 amide bonds. The van der Waals surface area contributed by atoms with Gasteiger partial charge in [-0.25, -0.2) is 4.98 Å². The summed E-state index contributed by atoms with van der Waals surface area (Å²) in [5.41, 5.74) is 0.563. The summed E-state index contributed by atoms with van der Waals surface area (Å²) in [6.45, 7) is 6.05. The van der Waals surface area contributed by atoms with Gasteiger partial charge in [-0.15, -0.1) is 0 Å². The lowest BCUT2D eigenvalue weighted by atomic mass is 10.3. The molecule has 0 bridgehead atoms. The quantitative estimate of drug-likeness (QED) is 0.598.